The summed E-state index contributed by atoms with van der Waals surface area (Å²) in [6, 6.07) is 21.0. The molecule has 0 amide bonds. The van der Waals surface area contributed by atoms with Crippen molar-refractivity contribution in [3.05, 3.63) is 83.6 Å². The Kier molecular flexibility index (Phi) is 2.89. The van der Waals surface area contributed by atoms with Gasteiger partial charge in [-0.2, -0.15) is 0 Å². The summed E-state index contributed by atoms with van der Waals surface area (Å²) in [6.45, 7) is 0. The minimum absolute atomic E-state index is 0.960. The zero-order valence-electron chi connectivity index (χ0n) is 11.7. The molecule has 0 aliphatic heterocycles. The van der Waals surface area contributed by atoms with Crippen molar-refractivity contribution in [1.29, 1.82) is 0 Å². The summed E-state index contributed by atoms with van der Waals surface area (Å²) in [5, 5.41) is 1.20. The number of fused-ring (bicyclic) bond motifs is 2. The SMILES string of the molecule is C1=Cc2nc3ccccc3cc2C(=Cc2ccccc2)C1. The summed E-state index contributed by atoms with van der Waals surface area (Å²) in [4.78, 5) is 4.78. The van der Waals surface area contributed by atoms with Gasteiger partial charge in [0.25, 0.3) is 0 Å². The molecular weight excluding hydrogens is 254 g/mol. The fourth-order valence-corrected chi connectivity index (χ4v) is 2.81. The van der Waals surface area contributed by atoms with Gasteiger partial charge in [0.15, 0.2) is 0 Å². The van der Waals surface area contributed by atoms with E-state index >= 15 is 0 Å². The largest absolute Gasteiger partial charge is 0.248 e. The molecule has 1 aliphatic rings. The number of benzene rings is 2. The van der Waals surface area contributed by atoms with Crippen molar-refractivity contribution in [3.63, 3.8) is 0 Å². The summed E-state index contributed by atoms with van der Waals surface area (Å²) in [5.41, 5.74) is 5.95. The predicted molar refractivity (Wildman–Crippen MR) is 89.7 cm³/mol. The van der Waals surface area contributed by atoms with E-state index in [1.54, 1.807) is 0 Å². The van der Waals surface area contributed by atoms with Crippen molar-refractivity contribution in [2.45, 2.75) is 6.42 Å². The fraction of sp³-hybridized carbons (Fsp3) is 0.0500. The lowest BCUT2D eigenvalue weighted by molar-refractivity contribution is 1.28. The Morgan fingerprint density at radius 1 is 0.905 bits per heavy atom. The lowest BCUT2D eigenvalue weighted by atomic mass is 9.93. The fourth-order valence-electron chi connectivity index (χ4n) is 2.81. The van der Waals surface area contributed by atoms with E-state index in [0.29, 0.717) is 0 Å². The summed E-state index contributed by atoms with van der Waals surface area (Å²) in [7, 11) is 0. The van der Waals surface area contributed by atoms with Gasteiger partial charge in [0.2, 0.25) is 0 Å². The third-order valence-corrected chi connectivity index (χ3v) is 3.85. The summed E-state index contributed by atoms with van der Waals surface area (Å²) in [5.74, 6) is 0. The molecule has 2 aromatic carbocycles. The molecule has 1 aliphatic carbocycles. The first-order valence-electron chi connectivity index (χ1n) is 7.22. The van der Waals surface area contributed by atoms with Gasteiger partial charge in [0, 0.05) is 10.9 Å². The highest BCUT2D eigenvalue weighted by Gasteiger charge is 2.12. The molecule has 0 fully saturated rings. The normalized spacial score (nSPS) is 15.3. The molecule has 0 spiro atoms. The molecule has 3 aromatic rings. The minimum atomic E-state index is 0.960. The number of hydrogen-bond acceptors (Lipinski definition) is 1. The highest BCUT2D eigenvalue weighted by molar-refractivity contribution is 5.92. The summed E-state index contributed by atoms with van der Waals surface area (Å²) >= 11 is 0. The van der Waals surface area contributed by atoms with Gasteiger partial charge in [0.1, 0.15) is 0 Å². The maximum atomic E-state index is 4.78. The Morgan fingerprint density at radius 3 is 2.62 bits per heavy atom. The highest BCUT2D eigenvalue weighted by atomic mass is 14.7. The lowest BCUT2D eigenvalue weighted by Gasteiger charge is -2.15. The molecular formula is C20H15N. The number of pyridine rings is 1. The van der Waals surface area contributed by atoms with Crippen molar-refractivity contribution in [1.82, 2.24) is 4.98 Å². The zero-order chi connectivity index (χ0) is 14.1. The van der Waals surface area contributed by atoms with E-state index in [1.165, 1.54) is 22.1 Å². The second-order valence-electron chi connectivity index (χ2n) is 5.30. The number of hydrogen-bond donors (Lipinski definition) is 0. The van der Waals surface area contributed by atoms with Crippen LogP contribution in [0.4, 0.5) is 0 Å². The van der Waals surface area contributed by atoms with Crippen LogP contribution in [0.25, 0.3) is 28.6 Å². The van der Waals surface area contributed by atoms with Crippen LogP contribution in [-0.4, -0.2) is 4.98 Å². The van der Waals surface area contributed by atoms with Crippen LogP contribution >= 0.6 is 0 Å². The monoisotopic (exact) mass is 269 g/mol. The molecule has 1 heteroatoms. The number of rotatable bonds is 1. The van der Waals surface area contributed by atoms with Crippen LogP contribution in [-0.2, 0) is 0 Å². The maximum absolute atomic E-state index is 4.78. The molecule has 1 heterocycles. The van der Waals surface area contributed by atoms with Gasteiger partial charge >= 0.3 is 0 Å². The van der Waals surface area contributed by atoms with Crippen molar-refractivity contribution in [2.75, 3.05) is 0 Å². The van der Waals surface area contributed by atoms with Crippen LogP contribution < -0.4 is 0 Å². The van der Waals surface area contributed by atoms with Crippen LogP contribution in [0, 0.1) is 0 Å². The average Bonchev–Trinajstić information content (AvgIpc) is 2.54. The van der Waals surface area contributed by atoms with E-state index in [-0.39, 0.29) is 0 Å². The van der Waals surface area contributed by atoms with Crippen molar-refractivity contribution < 1.29 is 0 Å². The molecule has 0 atom stereocenters. The Morgan fingerprint density at radius 2 is 1.71 bits per heavy atom. The third-order valence-electron chi connectivity index (χ3n) is 3.85. The second-order valence-corrected chi connectivity index (χ2v) is 5.30. The van der Waals surface area contributed by atoms with Crippen molar-refractivity contribution in [3.8, 4) is 0 Å². The lowest BCUT2D eigenvalue weighted by Crippen LogP contribution is -1.97. The van der Waals surface area contributed by atoms with Gasteiger partial charge < -0.3 is 0 Å². The smallest absolute Gasteiger partial charge is 0.0709 e. The van der Waals surface area contributed by atoms with Crippen LogP contribution in [0.3, 0.4) is 0 Å². The minimum Gasteiger partial charge on any atom is -0.248 e. The molecule has 0 bridgehead atoms. The second kappa shape index (κ2) is 5.02. The molecule has 0 N–H and O–H groups in total. The zero-order valence-corrected chi connectivity index (χ0v) is 11.7. The Bertz CT molecular complexity index is 857. The molecule has 1 nitrogen and oxygen atoms in total. The number of allylic oxidation sites excluding steroid dienone is 2. The van der Waals surface area contributed by atoms with Gasteiger partial charge in [-0.15, -0.1) is 0 Å². The number of para-hydroxylation sites is 1. The first-order valence-corrected chi connectivity index (χ1v) is 7.22. The van der Waals surface area contributed by atoms with Crippen LogP contribution in [0.5, 0.6) is 0 Å². The Labute approximate surface area is 124 Å². The first-order chi connectivity index (χ1) is 10.4. The Hall–Kier alpha value is -2.67. The average molecular weight is 269 g/mol. The molecule has 0 radical (unpaired) electrons. The Balaban J connectivity index is 1.89. The molecule has 100 valence electrons. The maximum Gasteiger partial charge on any atom is 0.0709 e. The quantitative estimate of drug-likeness (QED) is 0.592. The van der Waals surface area contributed by atoms with Crippen molar-refractivity contribution >= 4 is 28.6 Å². The van der Waals surface area contributed by atoms with Crippen molar-refractivity contribution in [2.24, 2.45) is 0 Å². The molecule has 0 unspecified atom stereocenters. The molecule has 4 rings (SSSR count). The van der Waals surface area contributed by atoms with Gasteiger partial charge in [-0.3, -0.25) is 0 Å². The number of aromatic nitrogens is 1. The third kappa shape index (κ3) is 2.27. The standard InChI is InChI=1S/C20H15N/c1-2-7-15(8-3-1)13-16-10-6-12-20-18(16)14-17-9-4-5-11-19(17)21-20/h1-9,11-14H,10H2. The van der Waals surface area contributed by atoms with Crippen LogP contribution in [0.15, 0.2) is 66.7 Å². The van der Waals surface area contributed by atoms with Crippen LogP contribution in [0.1, 0.15) is 23.2 Å². The molecule has 1 aromatic heterocycles. The molecule has 21 heavy (non-hydrogen) atoms. The van der Waals surface area contributed by atoms with E-state index in [4.69, 9.17) is 4.98 Å². The van der Waals surface area contributed by atoms with Gasteiger partial charge in [-0.1, -0.05) is 60.7 Å². The number of nitrogens with zero attached hydrogens (tertiary/aromatic N) is 1. The van der Waals surface area contributed by atoms with E-state index in [1.807, 2.05) is 12.1 Å². The van der Waals surface area contributed by atoms with Gasteiger partial charge in [-0.25, -0.2) is 4.98 Å². The predicted octanol–water partition coefficient (Wildman–Crippen LogP) is 5.19. The summed E-state index contributed by atoms with van der Waals surface area (Å²) < 4.78 is 0. The van der Waals surface area contributed by atoms with E-state index in [0.717, 1.165) is 17.6 Å². The van der Waals surface area contributed by atoms with E-state index in [2.05, 4.69) is 66.8 Å². The highest BCUT2D eigenvalue weighted by Crippen LogP contribution is 2.31. The van der Waals surface area contributed by atoms with E-state index in [9.17, 15) is 0 Å². The first kappa shape index (κ1) is 12.1. The van der Waals surface area contributed by atoms with E-state index < -0.39 is 0 Å². The van der Waals surface area contributed by atoms with Gasteiger partial charge in [0.05, 0.1) is 11.2 Å². The molecule has 0 saturated carbocycles. The molecule has 0 saturated heterocycles. The van der Waals surface area contributed by atoms with Gasteiger partial charge in [-0.05, 0) is 35.8 Å². The summed E-state index contributed by atoms with van der Waals surface area (Å²) in [6.07, 6.45) is 7.55. The topological polar surface area (TPSA) is 12.9 Å². The van der Waals surface area contributed by atoms with Crippen LogP contribution in [0.2, 0.25) is 0 Å².